The van der Waals surface area contributed by atoms with Gasteiger partial charge in [-0.1, -0.05) is 37.3 Å². The van der Waals surface area contributed by atoms with Crippen LogP contribution in [0.1, 0.15) is 56.6 Å². The van der Waals surface area contributed by atoms with Crippen molar-refractivity contribution in [3.05, 3.63) is 80.5 Å². The van der Waals surface area contributed by atoms with E-state index >= 15 is 0 Å². The van der Waals surface area contributed by atoms with Gasteiger partial charge in [-0.15, -0.1) is 11.3 Å². The molecule has 180 valence electrons. The summed E-state index contributed by atoms with van der Waals surface area (Å²) in [7, 11) is 3.14. The summed E-state index contributed by atoms with van der Waals surface area (Å²) in [5.74, 6) is -0.857. The van der Waals surface area contributed by atoms with Crippen molar-refractivity contribution < 1.29 is 28.9 Å². The van der Waals surface area contributed by atoms with Gasteiger partial charge in [0.05, 0.1) is 33.4 Å². The summed E-state index contributed by atoms with van der Waals surface area (Å²) in [4.78, 5) is 25.3. The van der Waals surface area contributed by atoms with Gasteiger partial charge in [0, 0.05) is 17.7 Å². The van der Waals surface area contributed by atoms with E-state index in [2.05, 4.69) is 0 Å². The first-order chi connectivity index (χ1) is 16.2. The van der Waals surface area contributed by atoms with Crippen molar-refractivity contribution in [3.8, 4) is 11.5 Å². The van der Waals surface area contributed by atoms with Gasteiger partial charge in [-0.05, 0) is 47.4 Å². The number of thiophene rings is 1. The first-order valence-corrected chi connectivity index (χ1v) is 11.8. The molecule has 3 aromatic rings. The molecule has 1 aromatic heterocycles. The van der Waals surface area contributed by atoms with E-state index in [1.807, 2.05) is 49.4 Å². The van der Waals surface area contributed by atoms with Gasteiger partial charge in [0.1, 0.15) is 16.4 Å². The molecule has 0 saturated carbocycles. The molecule has 1 N–H and O–H groups in total. The fourth-order valence-corrected chi connectivity index (χ4v) is 5.08. The number of methoxy groups -OCH3 is 2. The SMILES string of the molecule is COc1ccc(COCc2cc(C(c3cc(OC)c(C(C)=O)s3)C(C)C(=O)O)ccc2C)cc1. The minimum Gasteiger partial charge on any atom is -0.497 e. The largest absolute Gasteiger partial charge is 0.497 e. The van der Waals surface area contributed by atoms with Crippen molar-refractivity contribution in [1.82, 2.24) is 0 Å². The molecule has 0 aliphatic carbocycles. The Bertz CT molecular complexity index is 1150. The molecular formula is C27H30O6S. The summed E-state index contributed by atoms with van der Waals surface area (Å²) in [5, 5.41) is 9.82. The second-order valence-electron chi connectivity index (χ2n) is 8.23. The quantitative estimate of drug-likeness (QED) is 0.346. The van der Waals surface area contributed by atoms with E-state index in [0.717, 1.165) is 32.9 Å². The minimum atomic E-state index is -0.903. The molecule has 7 heteroatoms. The summed E-state index contributed by atoms with van der Waals surface area (Å²) >= 11 is 1.29. The fourth-order valence-electron chi connectivity index (χ4n) is 3.83. The normalized spacial score (nSPS) is 12.7. The molecule has 2 unspecified atom stereocenters. The smallest absolute Gasteiger partial charge is 0.307 e. The maximum absolute atomic E-state index is 12.1. The number of aliphatic carboxylic acids is 1. The molecule has 0 fully saturated rings. The first-order valence-electron chi connectivity index (χ1n) is 11.0. The monoisotopic (exact) mass is 482 g/mol. The highest BCUT2D eigenvalue weighted by Crippen LogP contribution is 2.41. The first kappa shape index (κ1) is 25.5. The minimum absolute atomic E-state index is 0.105. The lowest BCUT2D eigenvalue weighted by Crippen LogP contribution is -2.19. The van der Waals surface area contributed by atoms with E-state index in [-0.39, 0.29) is 5.78 Å². The molecule has 2 aromatic carbocycles. The number of aryl methyl sites for hydroxylation is 1. The summed E-state index contributed by atoms with van der Waals surface area (Å²) in [6.07, 6.45) is 0. The molecule has 6 nitrogen and oxygen atoms in total. The highest BCUT2D eigenvalue weighted by molar-refractivity contribution is 7.14. The Morgan fingerprint density at radius 3 is 2.26 bits per heavy atom. The molecule has 3 rings (SSSR count). The van der Waals surface area contributed by atoms with Crippen LogP contribution in [-0.4, -0.2) is 31.1 Å². The molecule has 0 amide bonds. The summed E-state index contributed by atoms with van der Waals surface area (Å²) in [6, 6.07) is 15.4. The van der Waals surface area contributed by atoms with Crippen LogP contribution in [-0.2, 0) is 22.7 Å². The topological polar surface area (TPSA) is 82.1 Å². The predicted octanol–water partition coefficient (Wildman–Crippen LogP) is 5.85. The van der Waals surface area contributed by atoms with Crippen LogP contribution < -0.4 is 9.47 Å². The lowest BCUT2D eigenvalue weighted by Gasteiger charge is -2.22. The van der Waals surface area contributed by atoms with Gasteiger partial charge in [-0.2, -0.15) is 0 Å². The molecule has 0 aliphatic heterocycles. The number of carboxylic acids is 1. The number of Topliss-reactive ketones (excluding diaryl/α,β-unsaturated/α-hetero) is 1. The van der Waals surface area contributed by atoms with Crippen molar-refractivity contribution in [2.45, 2.75) is 39.9 Å². The van der Waals surface area contributed by atoms with Crippen molar-refractivity contribution in [3.63, 3.8) is 0 Å². The third kappa shape index (κ3) is 5.85. The van der Waals surface area contributed by atoms with Gasteiger partial charge >= 0.3 is 5.97 Å². The highest BCUT2D eigenvalue weighted by Gasteiger charge is 2.30. The van der Waals surface area contributed by atoms with Crippen molar-refractivity contribution in [2.24, 2.45) is 5.92 Å². The Labute approximate surface area is 204 Å². The molecule has 0 radical (unpaired) electrons. The Balaban J connectivity index is 1.88. The van der Waals surface area contributed by atoms with Crippen molar-refractivity contribution in [1.29, 1.82) is 0 Å². The van der Waals surface area contributed by atoms with E-state index in [0.29, 0.717) is 23.8 Å². The summed E-state index contributed by atoms with van der Waals surface area (Å²) in [5.41, 5.74) is 3.95. The number of carbonyl (C=O) groups excluding carboxylic acids is 1. The molecule has 34 heavy (non-hydrogen) atoms. The van der Waals surface area contributed by atoms with Crippen LogP contribution in [0.5, 0.6) is 11.5 Å². The van der Waals surface area contributed by atoms with Gasteiger partial charge < -0.3 is 19.3 Å². The second-order valence-corrected chi connectivity index (χ2v) is 9.32. The van der Waals surface area contributed by atoms with Crippen LogP contribution in [0.4, 0.5) is 0 Å². The number of rotatable bonds is 11. The van der Waals surface area contributed by atoms with Gasteiger partial charge in [-0.25, -0.2) is 0 Å². The maximum atomic E-state index is 12.1. The average Bonchev–Trinajstić information content (AvgIpc) is 3.25. The third-order valence-electron chi connectivity index (χ3n) is 5.87. The standard InChI is InChI=1S/C27H30O6S/c1-16-6-9-20(12-21(16)15-33-14-19-7-10-22(31-4)11-8-19)25(17(2)27(29)30)24-13-23(32-5)26(34-24)18(3)28/h6-13,17,25H,14-15H2,1-5H3,(H,29,30). The number of ketones is 1. The van der Waals surface area contributed by atoms with Crippen LogP contribution >= 0.6 is 11.3 Å². The molecule has 0 aliphatic rings. The zero-order valence-electron chi connectivity index (χ0n) is 20.1. The number of benzene rings is 2. The van der Waals surface area contributed by atoms with Crippen LogP contribution in [0, 0.1) is 12.8 Å². The van der Waals surface area contributed by atoms with Gasteiger partial charge in [0.25, 0.3) is 0 Å². The number of ether oxygens (including phenoxy) is 3. The third-order valence-corrected chi connectivity index (χ3v) is 7.17. The number of hydrogen-bond donors (Lipinski definition) is 1. The predicted molar refractivity (Wildman–Crippen MR) is 132 cm³/mol. The van der Waals surface area contributed by atoms with E-state index in [1.165, 1.54) is 25.4 Å². The van der Waals surface area contributed by atoms with Crippen LogP contribution in [0.3, 0.4) is 0 Å². The molecule has 2 atom stereocenters. The van der Waals surface area contributed by atoms with Crippen molar-refractivity contribution >= 4 is 23.1 Å². The van der Waals surface area contributed by atoms with Gasteiger partial charge in [0.2, 0.25) is 0 Å². The van der Waals surface area contributed by atoms with Gasteiger partial charge in [-0.3, -0.25) is 9.59 Å². The zero-order valence-corrected chi connectivity index (χ0v) is 20.9. The lowest BCUT2D eigenvalue weighted by atomic mass is 9.84. The summed E-state index contributed by atoms with van der Waals surface area (Å²) in [6.45, 7) is 6.02. The van der Waals surface area contributed by atoms with Crippen LogP contribution in [0.15, 0.2) is 48.5 Å². The number of hydrogen-bond acceptors (Lipinski definition) is 6. The fraction of sp³-hybridized carbons (Fsp3) is 0.333. The van der Waals surface area contributed by atoms with E-state index in [4.69, 9.17) is 14.2 Å². The zero-order chi connectivity index (χ0) is 24.8. The average molecular weight is 483 g/mol. The number of carbonyl (C=O) groups is 2. The van der Waals surface area contributed by atoms with E-state index in [9.17, 15) is 14.7 Å². The van der Waals surface area contributed by atoms with Crippen molar-refractivity contribution in [2.75, 3.05) is 14.2 Å². The summed E-state index contributed by atoms with van der Waals surface area (Å²) < 4.78 is 16.5. The van der Waals surface area contributed by atoms with Gasteiger partial charge in [0.15, 0.2) is 5.78 Å². The highest BCUT2D eigenvalue weighted by atomic mass is 32.1. The van der Waals surface area contributed by atoms with Crippen LogP contribution in [0.2, 0.25) is 0 Å². The molecule has 0 bridgehead atoms. The lowest BCUT2D eigenvalue weighted by molar-refractivity contribution is -0.141. The number of carboxylic acid groups (broad SMARTS) is 1. The Morgan fingerprint density at radius 2 is 1.71 bits per heavy atom. The van der Waals surface area contributed by atoms with E-state index in [1.54, 1.807) is 20.1 Å². The maximum Gasteiger partial charge on any atom is 0.307 e. The Kier molecular flexibility index (Phi) is 8.47. The molecule has 1 heterocycles. The second kappa shape index (κ2) is 11.3. The molecular weight excluding hydrogens is 452 g/mol. The molecule has 0 spiro atoms. The molecule has 0 saturated heterocycles. The van der Waals surface area contributed by atoms with Crippen LogP contribution in [0.25, 0.3) is 0 Å². The Morgan fingerprint density at radius 1 is 1.00 bits per heavy atom. The van der Waals surface area contributed by atoms with E-state index < -0.39 is 17.8 Å². The Hall–Kier alpha value is -3.16.